The first-order chi connectivity index (χ1) is 29.6. The first-order valence-corrected chi connectivity index (χ1v) is 21.7. The molecule has 61 heavy (non-hydrogen) atoms. The first kappa shape index (κ1) is 40.3. The van der Waals surface area contributed by atoms with Crippen molar-refractivity contribution in [3.8, 4) is 34.5 Å². The number of nitrogens with one attached hydrogen (secondary N) is 3. The molecule has 4 aliphatic rings. The molecule has 1 fully saturated rings. The Labute approximate surface area is 355 Å². The maximum Gasteiger partial charge on any atom is 0.200 e. The van der Waals surface area contributed by atoms with Crippen molar-refractivity contribution in [2.24, 2.45) is 17.3 Å². The summed E-state index contributed by atoms with van der Waals surface area (Å²) in [6, 6.07) is 20.3. The second-order valence-electron chi connectivity index (χ2n) is 17.3. The summed E-state index contributed by atoms with van der Waals surface area (Å²) in [4.78, 5) is 19.3. The number of anilines is 1. The lowest BCUT2D eigenvalue weighted by atomic mass is 9.58. The van der Waals surface area contributed by atoms with Gasteiger partial charge in [0, 0.05) is 41.5 Å². The second kappa shape index (κ2) is 16.8. The number of ether oxygens (including phenoxy) is 2. The van der Waals surface area contributed by atoms with Gasteiger partial charge < -0.3 is 50.6 Å². The van der Waals surface area contributed by atoms with Crippen molar-refractivity contribution >= 4 is 22.2 Å². The molecule has 1 aliphatic carbocycles. The number of aliphatic hydroxyl groups is 1. The topological polar surface area (TPSA) is 177 Å². The number of allylic oxidation sites excluding steroid dienone is 2. The molecule has 1 aromatic heterocycles. The van der Waals surface area contributed by atoms with Crippen LogP contribution in [0.3, 0.4) is 0 Å². The van der Waals surface area contributed by atoms with Gasteiger partial charge in [0.25, 0.3) is 0 Å². The fourth-order valence-corrected chi connectivity index (χ4v) is 11.1. The van der Waals surface area contributed by atoms with Crippen LogP contribution >= 0.6 is 0 Å². The minimum Gasteiger partial charge on any atom is -0.508 e. The maximum atomic E-state index is 15.8. The van der Waals surface area contributed by atoms with E-state index in [1.54, 1.807) is 24.3 Å². The van der Waals surface area contributed by atoms with Crippen LogP contribution in [-0.4, -0.2) is 62.7 Å². The monoisotopic (exact) mass is 825 g/mol. The van der Waals surface area contributed by atoms with E-state index in [1.807, 2.05) is 36.5 Å². The molecule has 5 atom stereocenters. The molecule has 4 aromatic carbocycles. The Bertz CT molecular complexity index is 2510. The van der Waals surface area contributed by atoms with Crippen LogP contribution in [0.15, 0.2) is 96.5 Å². The Balaban J connectivity index is 1.20. The summed E-state index contributed by atoms with van der Waals surface area (Å²) in [5.74, 6) is -0.231. The van der Waals surface area contributed by atoms with Gasteiger partial charge in [0.2, 0.25) is 5.75 Å². The number of fused-ring (bicyclic) bond motifs is 6. The number of carbonyl (C=O) groups is 1. The van der Waals surface area contributed by atoms with Gasteiger partial charge in [0.15, 0.2) is 23.0 Å². The lowest BCUT2D eigenvalue weighted by molar-refractivity contribution is -0.134. The molecule has 2 bridgehead atoms. The number of phenols is 4. The zero-order chi connectivity index (χ0) is 42.3. The smallest absolute Gasteiger partial charge is 0.200 e. The summed E-state index contributed by atoms with van der Waals surface area (Å²) in [6.07, 6.45) is 12.0. The first-order valence-electron chi connectivity index (χ1n) is 21.7. The number of carbonyl (C=O) groups excluding carboxylic acids is 1. The fourth-order valence-electron chi connectivity index (χ4n) is 11.1. The lowest BCUT2D eigenvalue weighted by Crippen LogP contribution is -2.48. The number of phenolic OH excluding ortho intramolecular Hbond substituents is 4. The van der Waals surface area contributed by atoms with Crippen molar-refractivity contribution in [1.82, 2.24) is 10.3 Å². The van der Waals surface area contributed by atoms with E-state index in [1.165, 1.54) is 13.2 Å². The number of aromatic hydroxyl groups is 4. The van der Waals surface area contributed by atoms with Gasteiger partial charge in [-0.25, -0.2) is 0 Å². The third-order valence-electron chi connectivity index (χ3n) is 13.9. The van der Waals surface area contributed by atoms with Gasteiger partial charge in [0.05, 0.1) is 25.7 Å². The summed E-state index contributed by atoms with van der Waals surface area (Å²) in [6.45, 7) is 1.08. The standard InChI is InChI=1S/C50H55N3O8/c1-60-45-26-32(25-44(58)48(45)59)30-8-13-39-37-14-12-36(54)23-31(37)9-15-40(39)53-46-28-34(18-21-52-46)50(19-2-5-33(50)27-35-6-3-20-51-35)47(43(57)24-30)41(55)16-10-29-11-17-42(56)49-38(29)7-4-22-61-49/h3,6,9,11-12,14-15,17-18,20,23,25-26,28,30,33,41,47,51-56,58-59H,2,4-5,7-8,10,13,16,19,21-22,24,27H2,1H3. The van der Waals surface area contributed by atoms with Gasteiger partial charge in [0.1, 0.15) is 17.4 Å². The van der Waals surface area contributed by atoms with Crippen LogP contribution in [-0.2, 0) is 30.5 Å². The quantitative estimate of drug-likeness (QED) is 0.0709. The minimum atomic E-state index is -1.02. The molecular weight excluding hydrogens is 771 g/mol. The highest BCUT2D eigenvalue weighted by atomic mass is 16.5. The fraction of sp³-hybridized carbons (Fsp3) is 0.380. The molecule has 9 rings (SSSR count). The average Bonchev–Trinajstić information content (AvgIpc) is 3.94. The van der Waals surface area contributed by atoms with Gasteiger partial charge >= 0.3 is 0 Å². The van der Waals surface area contributed by atoms with Gasteiger partial charge in [-0.1, -0.05) is 30.7 Å². The van der Waals surface area contributed by atoms with Gasteiger partial charge in [-0.15, -0.1) is 0 Å². The number of dihydropyridines is 1. The van der Waals surface area contributed by atoms with Crippen molar-refractivity contribution < 1.29 is 39.8 Å². The predicted octanol–water partition coefficient (Wildman–Crippen LogP) is 8.44. The maximum absolute atomic E-state index is 15.8. The summed E-state index contributed by atoms with van der Waals surface area (Å²) in [5, 5.41) is 64.8. The highest BCUT2D eigenvalue weighted by molar-refractivity contribution is 5.91. The average molecular weight is 826 g/mol. The third-order valence-corrected chi connectivity index (χ3v) is 13.9. The molecule has 0 saturated heterocycles. The number of aliphatic hydroxyl groups excluding tert-OH is 1. The zero-order valence-electron chi connectivity index (χ0n) is 34.5. The van der Waals surface area contributed by atoms with Crippen molar-refractivity contribution in [3.63, 3.8) is 0 Å². The van der Waals surface area contributed by atoms with Crippen LogP contribution in [0.2, 0.25) is 0 Å². The second-order valence-corrected chi connectivity index (χ2v) is 17.3. The summed E-state index contributed by atoms with van der Waals surface area (Å²) < 4.78 is 11.4. The zero-order valence-corrected chi connectivity index (χ0v) is 34.5. The number of aromatic nitrogens is 1. The molecule has 11 heteroatoms. The highest BCUT2D eigenvalue weighted by Crippen LogP contribution is 2.58. The molecule has 5 unspecified atom stereocenters. The van der Waals surface area contributed by atoms with E-state index in [0.717, 1.165) is 75.9 Å². The molecule has 3 aliphatic heterocycles. The lowest BCUT2D eigenvalue weighted by Gasteiger charge is -2.46. The van der Waals surface area contributed by atoms with Crippen LogP contribution in [0.4, 0.5) is 5.69 Å². The number of aryl methyl sites for hydroxylation is 2. The van der Waals surface area contributed by atoms with Crippen molar-refractivity contribution in [3.05, 3.63) is 124 Å². The molecule has 11 nitrogen and oxygen atoms in total. The van der Waals surface area contributed by atoms with E-state index in [0.29, 0.717) is 63.0 Å². The van der Waals surface area contributed by atoms with Crippen molar-refractivity contribution in [1.29, 1.82) is 0 Å². The third kappa shape index (κ3) is 7.64. The van der Waals surface area contributed by atoms with E-state index < -0.39 is 23.4 Å². The number of Topliss-reactive ketones (excluding diaryl/α,β-unsaturated/α-hetero) is 1. The van der Waals surface area contributed by atoms with Crippen LogP contribution in [0.1, 0.15) is 78.8 Å². The SMILES string of the molecule is COc1cc(C2CCc3c(ccc4cc(O)ccc34)NC3=CC(=CCN3)C3(CCCC3Cc3ccc[nH]3)C(C(O)CCc3ccc(O)c4c3CCCO4)C(=O)C2)cc(O)c1O. The molecule has 1 saturated carbocycles. The van der Waals surface area contributed by atoms with E-state index in [4.69, 9.17) is 9.47 Å². The molecule has 0 radical (unpaired) electrons. The Morgan fingerprint density at radius 2 is 1.84 bits per heavy atom. The number of benzene rings is 4. The van der Waals surface area contributed by atoms with E-state index >= 15 is 4.79 Å². The van der Waals surface area contributed by atoms with Crippen LogP contribution in [0.25, 0.3) is 10.8 Å². The van der Waals surface area contributed by atoms with Crippen LogP contribution < -0.4 is 20.1 Å². The number of aromatic amines is 1. The van der Waals surface area contributed by atoms with Gasteiger partial charge in [-0.3, -0.25) is 4.79 Å². The number of rotatable bonds is 8. The summed E-state index contributed by atoms with van der Waals surface area (Å²) in [5.41, 5.74) is 5.91. The largest absolute Gasteiger partial charge is 0.508 e. The molecule has 1 spiro atoms. The number of methoxy groups -OCH3 is 1. The normalized spacial score (nSPS) is 23.2. The Hall–Kier alpha value is -6.07. The van der Waals surface area contributed by atoms with Crippen molar-refractivity contribution in [2.45, 2.75) is 82.7 Å². The number of H-pyrrole nitrogens is 1. The Morgan fingerprint density at radius 3 is 2.67 bits per heavy atom. The summed E-state index contributed by atoms with van der Waals surface area (Å²) in [7, 11) is 1.43. The number of hydrogen-bond acceptors (Lipinski definition) is 10. The molecule has 8 N–H and O–H groups in total. The minimum absolute atomic E-state index is 0.0247. The van der Waals surface area contributed by atoms with Crippen molar-refractivity contribution in [2.75, 3.05) is 25.6 Å². The van der Waals surface area contributed by atoms with Crippen LogP contribution in [0.5, 0.6) is 34.5 Å². The predicted molar refractivity (Wildman–Crippen MR) is 234 cm³/mol. The van der Waals surface area contributed by atoms with E-state index in [9.17, 15) is 25.5 Å². The molecule has 0 amide bonds. The highest BCUT2D eigenvalue weighted by Gasteiger charge is 2.55. The number of hydrogen-bond donors (Lipinski definition) is 8. The molecular formula is C50H55N3O8. The van der Waals surface area contributed by atoms with Gasteiger partial charge in [-0.2, -0.15) is 0 Å². The summed E-state index contributed by atoms with van der Waals surface area (Å²) >= 11 is 0. The van der Waals surface area contributed by atoms with E-state index in [2.05, 4.69) is 33.8 Å². The Kier molecular flexibility index (Phi) is 11.1. The Morgan fingerprint density at radius 1 is 0.951 bits per heavy atom. The molecule has 5 aromatic rings. The molecule has 318 valence electrons. The van der Waals surface area contributed by atoms with Gasteiger partial charge in [-0.05, 0) is 157 Å². The number of ketones is 1. The molecule has 4 heterocycles. The van der Waals surface area contributed by atoms with E-state index in [-0.39, 0.29) is 46.9 Å². The van der Waals surface area contributed by atoms with Crippen LogP contribution in [0, 0.1) is 17.3 Å².